The molecule has 0 aromatic carbocycles. The number of hydrogen-bond donors (Lipinski definition) is 3. The monoisotopic (exact) mass is 231 g/mol. The van der Waals surface area contributed by atoms with E-state index < -0.39 is 12.0 Å². The summed E-state index contributed by atoms with van der Waals surface area (Å²) in [5, 5.41) is 11.2. The van der Waals surface area contributed by atoms with Crippen molar-refractivity contribution in [3.8, 4) is 0 Å². The molecule has 0 aromatic rings. The van der Waals surface area contributed by atoms with Gasteiger partial charge in [-0.15, -0.1) is 0 Å². The summed E-state index contributed by atoms with van der Waals surface area (Å²) in [7, 11) is 0. The van der Waals surface area contributed by atoms with Crippen LogP contribution in [0.4, 0.5) is 4.79 Å². The number of nitrogens with zero attached hydrogens (tertiary/aromatic N) is 1. The molecule has 0 bridgehead atoms. The standard InChI is InChI=1S/C9H17N3O4/c10-7(8(13)14)1-2-11-9(15)12-3-5-16-6-4-12/h7H,1-6,10H2,(H,11,15)(H,13,14). The summed E-state index contributed by atoms with van der Waals surface area (Å²) in [6, 6.07) is -1.12. The third kappa shape index (κ3) is 4.03. The summed E-state index contributed by atoms with van der Waals surface area (Å²) in [4.78, 5) is 23.6. The lowest BCUT2D eigenvalue weighted by molar-refractivity contribution is -0.138. The lowest BCUT2D eigenvalue weighted by Crippen LogP contribution is -2.47. The molecule has 0 spiro atoms. The van der Waals surface area contributed by atoms with Crippen molar-refractivity contribution in [1.29, 1.82) is 0 Å². The molecule has 0 radical (unpaired) electrons. The number of carboxylic acids is 1. The number of carbonyl (C=O) groups excluding carboxylic acids is 1. The van der Waals surface area contributed by atoms with Crippen molar-refractivity contribution in [2.75, 3.05) is 32.8 Å². The number of morpholine rings is 1. The quantitative estimate of drug-likeness (QED) is 0.565. The van der Waals surface area contributed by atoms with Crippen molar-refractivity contribution in [3.05, 3.63) is 0 Å². The van der Waals surface area contributed by atoms with E-state index in [4.69, 9.17) is 15.6 Å². The van der Waals surface area contributed by atoms with E-state index in [1.54, 1.807) is 4.90 Å². The number of hydrogen-bond acceptors (Lipinski definition) is 4. The smallest absolute Gasteiger partial charge is 0.320 e. The van der Waals surface area contributed by atoms with Crippen LogP contribution in [0.25, 0.3) is 0 Å². The third-order valence-corrected chi connectivity index (χ3v) is 2.35. The number of nitrogens with one attached hydrogen (secondary N) is 1. The number of carboxylic acid groups (broad SMARTS) is 1. The molecule has 0 aromatic heterocycles. The molecule has 1 atom stereocenters. The molecule has 1 aliphatic heterocycles. The zero-order valence-electron chi connectivity index (χ0n) is 9.02. The Labute approximate surface area is 93.5 Å². The van der Waals surface area contributed by atoms with Crippen LogP contribution < -0.4 is 11.1 Å². The molecule has 1 saturated heterocycles. The number of nitrogens with two attached hydrogens (primary N) is 1. The van der Waals surface area contributed by atoms with Crippen molar-refractivity contribution in [1.82, 2.24) is 10.2 Å². The Hall–Kier alpha value is -1.34. The summed E-state index contributed by atoms with van der Waals surface area (Å²) in [6.45, 7) is 2.49. The minimum absolute atomic E-state index is 0.194. The van der Waals surface area contributed by atoms with Crippen LogP contribution in [0.15, 0.2) is 0 Å². The molecule has 1 aliphatic rings. The summed E-state index contributed by atoms with van der Waals surface area (Å²) < 4.78 is 5.10. The van der Waals surface area contributed by atoms with E-state index in [-0.39, 0.29) is 19.0 Å². The largest absolute Gasteiger partial charge is 0.480 e. The van der Waals surface area contributed by atoms with Crippen LogP contribution in [0.2, 0.25) is 0 Å². The van der Waals surface area contributed by atoms with E-state index in [9.17, 15) is 9.59 Å². The van der Waals surface area contributed by atoms with E-state index in [0.29, 0.717) is 26.3 Å². The topological polar surface area (TPSA) is 105 Å². The predicted octanol–water partition coefficient (Wildman–Crippen LogP) is -1.17. The second-order valence-electron chi connectivity index (χ2n) is 3.56. The van der Waals surface area contributed by atoms with Crippen LogP contribution in [0.3, 0.4) is 0 Å². The van der Waals surface area contributed by atoms with Gasteiger partial charge >= 0.3 is 12.0 Å². The highest BCUT2D eigenvalue weighted by molar-refractivity contribution is 5.75. The van der Waals surface area contributed by atoms with Gasteiger partial charge in [-0.05, 0) is 6.42 Å². The number of amides is 2. The Morgan fingerprint density at radius 3 is 2.62 bits per heavy atom. The van der Waals surface area contributed by atoms with E-state index in [2.05, 4.69) is 5.32 Å². The van der Waals surface area contributed by atoms with E-state index in [0.717, 1.165) is 0 Å². The second-order valence-corrected chi connectivity index (χ2v) is 3.56. The first-order chi connectivity index (χ1) is 7.61. The molecule has 1 rings (SSSR count). The molecular weight excluding hydrogens is 214 g/mol. The molecule has 2 amide bonds. The molecule has 4 N–H and O–H groups in total. The van der Waals surface area contributed by atoms with Crippen molar-refractivity contribution in [3.63, 3.8) is 0 Å². The lowest BCUT2D eigenvalue weighted by Gasteiger charge is -2.27. The van der Waals surface area contributed by atoms with Gasteiger partial charge in [-0.25, -0.2) is 4.79 Å². The molecule has 7 heteroatoms. The number of urea groups is 1. The fraction of sp³-hybridized carbons (Fsp3) is 0.778. The zero-order valence-corrected chi connectivity index (χ0v) is 9.02. The first-order valence-corrected chi connectivity index (χ1v) is 5.20. The molecule has 92 valence electrons. The second kappa shape index (κ2) is 6.29. The van der Waals surface area contributed by atoms with Crippen molar-refractivity contribution in [2.45, 2.75) is 12.5 Å². The molecule has 7 nitrogen and oxygen atoms in total. The minimum Gasteiger partial charge on any atom is -0.480 e. The first-order valence-electron chi connectivity index (χ1n) is 5.20. The SMILES string of the molecule is NC(CCNC(=O)N1CCOCC1)C(=O)O. The van der Waals surface area contributed by atoms with Gasteiger partial charge in [0.05, 0.1) is 13.2 Å². The highest BCUT2D eigenvalue weighted by Crippen LogP contribution is 1.97. The predicted molar refractivity (Wildman–Crippen MR) is 56.0 cm³/mol. The summed E-state index contributed by atoms with van der Waals surface area (Å²) >= 11 is 0. The van der Waals surface area contributed by atoms with Gasteiger partial charge in [0.1, 0.15) is 6.04 Å². The average molecular weight is 231 g/mol. The number of carbonyl (C=O) groups is 2. The first kappa shape index (κ1) is 12.7. The van der Waals surface area contributed by atoms with Gasteiger partial charge in [0.25, 0.3) is 0 Å². The Morgan fingerprint density at radius 1 is 1.44 bits per heavy atom. The molecule has 0 saturated carbocycles. The van der Waals surface area contributed by atoms with Gasteiger partial charge < -0.3 is 25.8 Å². The summed E-state index contributed by atoms with van der Waals surface area (Å²) in [5.41, 5.74) is 5.30. The molecular formula is C9H17N3O4. The fourth-order valence-electron chi connectivity index (χ4n) is 1.34. The van der Waals surface area contributed by atoms with E-state index >= 15 is 0 Å². The van der Waals surface area contributed by atoms with Gasteiger partial charge in [0.15, 0.2) is 0 Å². The normalized spacial score (nSPS) is 17.9. The van der Waals surface area contributed by atoms with Crippen LogP contribution >= 0.6 is 0 Å². The molecule has 1 heterocycles. The molecule has 1 unspecified atom stereocenters. The van der Waals surface area contributed by atoms with Crippen LogP contribution in [0.1, 0.15) is 6.42 Å². The maximum Gasteiger partial charge on any atom is 0.320 e. The summed E-state index contributed by atoms with van der Waals surface area (Å²) in [6.07, 6.45) is 0.228. The molecule has 1 fully saturated rings. The maximum atomic E-state index is 11.5. The van der Waals surface area contributed by atoms with Crippen LogP contribution in [-0.4, -0.2) is 60.9 Å². The van der Waals surface area contributed by atoms with Gasteiger partial charge in [0, 0.05) is 19.6 Å². The number of aliphatic carboxylic acids is 1. The Morgan fingerprint density at radius 2 is 2.06 bits per heavy atom. The number of ether oxygens (including phenoxy) is 1. The summed E-state index contributed by atoms with van der Waals surface area (Å²) in [5.74, 6) is -1.05. The van der Waals surface area contributed by atoms with Gasteiger partial charge in [-0.2, -0.15) is 0 Å². The maximum absolute atomic E-state index is 11.5. The van der Waals surface area contributed by atoms with Crippen molar-refractivity contribution in [2.24, 2.45) is 5.73 Å². The van der Waals surface area contributed by atoms with Crippen LogP contribution in [0.5, 0.6) is 0 Å². The van der Waals surface area contributed by atoms with E-state index in [1.165, 1.54) is 0 Å². The Balaban J connectivity index is 2.16. The van der Waals surface area contributed by atoms with Crippen molar-refractivity contribution >= 4 is 12.0 Å². The van der Waals surface area contributed by atoms with E-state index in [1.807, 2.05) is 0 Å². The molecule has 0 aliphatic carbocycles. The average Bonchev–Trinajstić information content (AvgIpc) is 2.29. The van der Waals surface area contributed by atoms with Crippen molar-refractivity contribution < 1.29 is 19.4 Å². The highest BCUT2D eigenvalue weighted by Gasteiger charge is 2.17. The lowest BCUT2D eigenvalue weighted by atomic mass is 10.2. The van der Waals surface area contributed by atoms with Crippen LogP contribution in [-0.2, 0) is 9.53 Å². The minimum atomic E-state index is -1.05. The Kier molecular flexibility index (Phi) is 5.00. The highest BCUT2D eigenvalue weighted by atomic mass is 16.5. The third-order valence-electron chi connectivity index (χ3n) is 2.35. The Bertz CT molecular complexity index is 253. The molecule has 16 heavy (non-hydrogen) atoms. The van der Waals surface area contributed by atoms with Crippen LogP contribution in [0, 0.1) is 0 Å². The van der Waals surface area contributed by atoms with Gasteiger partial charge in [-0.3, -0.25) is 4.79 Å². The van der Waals surface area contributed by atoms with Gasteiger partial charge in [0.2, 0.25) is 0 Å². The van der Waals surface area contributed by atoms with Gasteiger partial charge in [-0.1, -0.05) is 0 Å². The zero-order chi connectivity index (χ0) is 12.0. The fourth-order valence-corrected chi connectivity index (χ4v) is 1.34. The number of rotatable bonds is 4.